The number of halogens is 1. The molecule has 0 atom stereocenters. The molecule has 0 aromatic heterocycles. The number of Topliss-reactive ketones (excluding diaryl/α,β-unsaturated/α-hetero) is 1. The first-order valence-corrected chi connectivity index (χ1v) is 7.41. The molecule has 0 aliphatic carbocycles. The van der Waals surface area contributed by atoms with Gasteiger partial charge >= 0.3 is 0 Å². The molecule has 0 aliphatic rings. The van der Waals surface area contributed by atoms with Crippen LogP contribution in [0.1, 0.15) is 56.5 Å². The Balaban J connectivity index is 3.26. The second-order valence-corrected chi connectivity index (χ2v) is 6.32. The van der Waals surface area contributed by atoms with Crippen molar-refractivity contribution in [3.63, 3.8) is 0 Å². The number of ketones is 1. The number of carbonyl (C=O) groups is 1. The third-order valence-corrected chi connectivity index (χ3v) is 3.38. The molecular weight excluding hydrogens is 274 g/mol. The molecule has 0 spiro atoms. The average molecular weight is 298 g/mol. The first-order chi connectivity index (χ1) is 9.30. The van der Waals surface area contributed by atoms with Gasteiger partial charge in [-0.25, -0.2) is 0 Å². The van der Waals surface area contributed by atoms with Crippen LogP contribution in [0.15, 0.2) is 12.1 Å². The molecule has 20 heavy (non-hydrogen) atoms. The Morgan fingerprint density at radius 2 is 2.00 bits per heavy atom. The predicted octanol–water partition coefficient (Wildman–Crippen LogP) is 4.07. The van der Waals surface area contributed by atoms with E-state index in [4.69, 9.17) is 16.7 Å². The van der Waals surface area contributed by atoms with Gasteiger partial charge in [0.2, 0.25) is 0 Å². The molecule has 2 N–H and O–H groups in total. The number of aryl methyl sites for hydroxylation is 1. The molecule has 0 heterocycles. The highest BCUT2D eigenvalue weighted by Crippen LogP contribution is 2.33. The molecule has 0 saturated carbocycles. The maximum atomic E-state index is 12.1. The smallest absolute Gasteiger partial charge is 0.164 e. The second kappa shape index (κ2) is 7.09. The Labute approximate surface area is 126 Å². The molecule has 1 aromatic carbocycles. The molecule has 0 amide bonds. The minimum absolute atomic E-state index is 0.0763. The fourth-order valence-electron chi connectivity index (χ4n) is 2.00. The summed E-state index contributed by atoms with van der Waals surface area (Å²) in [5.41, 5.74) is 2.13. The minimum atomic E-state index is -0.179. The average Bonchev–Trinajstić information content (AvgIpc) is 2.37. The zero-order valence-corrected chi connectivity index (χ0v) is 13.5. The summed E-state index contributed by atoms with van der Waals surface area (Å²) >= 11 is 6.46. The van der Waals surface area contributed by atoms with Gasteiger partial charge in [-0.3, -0.25) is 4.79 Å². The minimum Gasteiger partial charge on any atom is -0.396 e. The molecule has 0 aliphatic heterocycles. The summed E-state index contributed by atoms with van der Waals surface area (Å²) in [5, 5.41) is 12.9. The third-order valence-electron chi connectivity index (χ3n) is 2.95. The van der Waals surface area contributed by atoms with Crippen molar-refractivity contribution in [3.05, 3.63) is 28.3 Å². The van der Waals surface area contributed by atoms with E-state index in [2.05, 4.69) is 5.32 Å². The van der Waals surface area contributed by atoms with Gasteiger partial charge in [0.05, 0.1) is 10.7 Å². The van der Waals surface area contributed by atoms with E-state index in [9.17, 15) is 4.79 Å². The molecule has 112 valence electrons. The van der Waals surface area contributed by atoms with E-state index in [0.717, 1.165) is 5.56 Å². The quantitative estimate of drug-likeness (QED) is 0.778. The Bertz CT molecular complexity index is 478. The maximum Gasteiger partial charge on any atom is 0.164 e. The van der Waals surface area contributed by atoms with E-state index >= 15 is 0 Å². The lowest BCUT2D eigenvalue weighted by Crippen LogP contribution is -2.27. The van der Waals surface area contributed by atoms with Gasteiger partial charge in [-0.2, -0.15) is 0 Å². The van der Waals surface area contributed by atoms with Crippen LogP contribution in [0, 0.1) is 0 Å². The lowest BCUT2D eigenvalue weighted by atomic mass is 9.99. The molecule has 0 fully saturated rings. The first-order valence-electron chi connectivity index (χ1n) is 7.03. The zero-order valence-electron chi connectivity index (χ0n) is 12.7. The Hall–Kier alpha value is -1.06. The summed E-state index contributed by atoms with van der Waals surface area (Å²) in [6.07, 6.45) is 1.82. The molecule has 3 nitrogen and oxygen atoms in total. The summed E-state index contributed by atoms with van der Waals surface area (Å²) in [4.78, 5) is 12.1. The first kappa shape index (κ1) is 17.0. The number of benzene rings is 1. The van der Waals surface area contributed by atoms with Crippen molar-refractivity contribution in [1.29, 1.82) is 0 Å². The van der Waals surface area contributed by atoms with Crippen LogP contribution in [0.5, 0.6) is 0 Å². The normalized spacial score (nSPS) is 11.5. The molecule has 0 saturated heterocycles. The largest absolute Gasteiger partial charge is 0.396 e. The van der Waals surface area contributed by atoms with Crippen LogP contribution in [0.2, 0.25) is 5.02 Å². The van der Waals surface area contributed by atoms with E-state index in [1.807, 2.05) is 39.8 Å². The van der Waals surface area contributed by atoms with Crippen LogP contribution in [0.25, 0.3) is 0 Å². The Kier molecular flexibility index (Phi) is 6.03. The summed E-state index contributed by atoms with van der Waals surface area (Å²) in [5.74, 6) is 0.0763. The fourth-order valence-corrected chi connectivity index (χ4v) is 2.31. The molecule has 1 aromatic rings. The van der Waals surface area contributed by atoms with Gasteiger partial charge < -0.3 is 10.4 Å². The Morgan fingerprint density at radius 1 is 1.35 bits per heavy atom. The Morgan fingerprint density at radius 3 is 2.50 bits per heavy atom. The number of aliphatic hydroxyl groups excluding tert-OH is 1. The van der Waals surface area contributed by atoms with Crippen LogP contribution < -0.4 is 5.32 Å². The number of anilines is 1. The number of hydrogen-bond donors (Lipinski definition) is 2. The lowest BCUT2D eigenvalue weighted by molar-refractivity contribution is 0.0989. The van der Waals surface area contributed by atoms with Crippen LogP contribution in [-0.2, 0) is 6.42 Å². The number of rotatable bonds is 6. The van der Waals surface area contributed by atoms with Gasteiger partial charge in [0.15, 0.2) is 5.78 Å². The second-order valence-electron chi connectivity index (χ2n) is 5.94. The van der Waals surface area contributed by atoms with Crippen LogP contribution >= 0.6 is 11.6 Å². The summed E-state index contributed by atoms with van der Waals surface area (Å²) in [6, 6.07) is 3.72. The van der Waals surface area contributed by atoms with Gasteiger partial charge in [0.1, 0.15) is 0 Å². The van der Waals surface area contributed by atoms with Crippen molar-refractivity contribution < 1.29 is 9.90 Å². The highest BCUT2D eigenvalue weighted by atomic mass is 35.5. The monoisotopic (exact) mass is 297 g/mol. The van der Waals surface area contributed by atoms with Gasteiger partial charge in [0.25, 0.3) is 0 Å². The van der Waals surface area contributed by atoms with Crippen molar-refractivity contribution >= 4 is 23.1 Å². The SMILES string of the molecule is CCC(=O)c1ccc(CCCO)c(Cl)c1NC(C)(C)C. The van der Waals surface area contributed by atoms with E-state index in [-0.39, 0.29) is 17.9 Å². The standard InChI is InChI=1S/C16H24ClNO2/c1-5-13(20)12-9-8-11(7-6-10-19)14(17)15(12)18-16(2,3)4/h8-9,18-19H,5-7,10H2,1-4H3. The zero-order chi connectivity index (χ0) is 15.3. The van der Waals surface area contributed by atoms with Gasteiger partial charge in [-0.05, 0) is 45.2 Å². The van der Waals surface area contributed by atoms with Gasteiger partial charge in [0, 0.05) is 24.1 Å². The topological polar surface area (TPSA) is 49.3 Å². The van der Waals surface area contributed by atoms with Crippen LogP contribution in [0.4, 0.5) is 5.69 Å². The molecule has 0 unspecified atom stereocenters. The summed E-state index contributed by atoms with van der Waals surface area (Å²) in [7, 11) is 0. The molecular formula is C16H24ClNO2. The van der Waals surface area contributed by atoms with Crippen molar-refractivity contribution in [1.82, 2.24) is 0 Å². The van der Waals surface area contributed by atoms with Crippen molar-refractivity contribution in [2.75, 3.05) is 11.9 Å². The highest BCUT2D eigenvalue weighted by Gasteiger charge is 2.20. The van der Waals surface area contributed by atoms with Gasteiger partial charge in [-0.1, -0.05) is 24.6 Å². The van der Waals surface area contributed by atoms with Crippen LogP contribution in [-0.4, -0.2) is 23.0 Å². The number of hydrogen-bond acceptors (Lipinski definition) is 3. The van der Waals surface area contributed by atoms with Crippen molar-refractivity contribution in [2.45, 2.75) is 52.5 Å². The maximum absolute atomic E-state index is 12.1. The molecule has 1 rings (SSSR count). The molecule has 4 heteroatoms. The number of nitrogens with one attached hydrogen (secondary N) is 1. The fraction of sp³-hybridized carbons (Fsp3) is 0.562. The van der Waals surface area contributed by atoms with E-state index in [1.54, 1.807) is 0 Å². The molecule has 0 bridgehead atoms. The highest BCUT2D eigenvalue weighted by molar-refractivity contribution is 6.35. The summed E-state index contributed by atoms with van der Waals surface area (Å²) in [6.45, 7) is 8.07. The van der Waals surface area contributed by atoms with Crippen LogP contribution in [0.3, 0.4) is 0 Å². The number of aliphatic hydroxyl groups is 1. The lowest BCUT2D eigenvalue weighted by Gasteiger charge is -2.25. The summed E-state index contributed by atoms with van der Waals surface area (Å²) < 4.78 is 0. The third kappa shape index (κ3) is 4.50. The van der Waals surface area contributed by atoms with E-state index in [1.165, 1.54) is 0 Å². The van der Waals surface area contributed by atoms with Crippen molar-refractivity contribution in [2.24, 2.45) is 0 Å². The molecule has 0 radical (unpaired) electrons. The van der Waals surface area contributed by atoms with E-state index < -0.39 is 0 Å². The predicted molar refractivity (Wildman–Crippen MR) is 84.9 cm³/mol. The van der Waals surface area contributed by atoms with E-state index in [0.29, 0.717) is 35.5 Å². The van der Waals surface area contributed by atoms with Crippen molar-refractivity contribution in [3.8, 4) is 0 Å². The van der Waals surface area contributed by atoms with Gasteiger partial charge in [-0.15, -0.1) is 0 Å². The number of carbonyl (C=O) groups excluding carboxylic acids is 1.